The number of carbonyl (C=O) groups excluding carboxylic acids is 2. The van der Waals surface area contributed by atoms with E-state index in [9.17, 15) is 9.59 Å². The molecule has 0 unspecified atom stereocenters. The molecule has 1 aliphatic rings. The number of nitrogens with zero attached hydrogens (tertiary/aromatic N) is 2. The molecule has 7 nitrogen and oxygen atoms in total. The molecule has 23 heavy (non-hydrogen) atoms. The van der Waals surface area contributed by atoms with E-state index in [4.69, 9.17) is 11.6 Å². The number of aliphatic imine (C=N–C) groups is 1. The Hall–Kier alpha value is -2.28. The van der Waals surface area contributed by atoms with Gasteiger partial charge in [-0.05, 0) is 18.1 Å². The van der Waals surface area contributed by atoms with Gasteiger partial charge in [-0.2, -0.15) is 0 Å². The number of halogens is 1. The second-order valence-corrected chi connectivity index (χ2v) is 5.38. The summed E-state index contributed by atoms with van der Waals surface area (Å²) in [5.41, 5.74) is 1.07. The van der Waals surface area contributed by atoms with E-state index < -0.39 is 0 Å². The number of carbonyl (C=O) groups is 2. The van der Waals surface area contributed by atoms with Gasteiger partial charge >= 0.3 is 6.03 Å². The van der Waals surface area contributed by atoms with E-state index in [1.807, 2.05) is 24.3 Å². The van der Waals surface area contributed by atoms with Crippen molar-refractivity contribution in [3.8, 4) is 0 Å². The van der Waals surface area contributed by atoms with Crippen molar-refractivity contribution < 1.29 is 9.59 Å². The van der Waals surface area contributed by atoms with Gasteiger partial charge in [-0.1, -0.05) is 29.8 Å². The van der Waals surface area contributed by atoms with Gasteiger partial charge in [0.15, 0.2) is 5.96 Å². The number of urea groups is 1. The number of imide groups is 1. The molecule has 0 bridgehead atoms. The van der Waals surface area contributed by atoms with Crippen LogP contribution in [0.25, 0.3) is 0 Å². The van der Waals surface area contributed by atoms with Crippen LogP contribution in [-0.2, 0) is 11.2 Å². The highest BCUT2D eigenvalue weighted by Gasteiger charge is 2.27. The van der Waals surface area contributed by atoms with Crippen LogP contribution in [0.1, 0.15) is 5.56 Å². The van der Waals surface area contributed by atoms with Crippen molar-refractivity contribution in [2.24, 2.45) is 4.99 Å². The monoisotopic (exact) mass is 337 g/mol. The minimum atomic E-state index is -0.349. The zero-order valence-electron chi connectivity index (χ0n) is 12.9. The first-order valence-electron chi connectivity index (χ1n) is 7.38. The molecule has 8 heteroatoms. The Kier molecular flexibility index (Phi) is 6.22. The van der Waals surface area contributed by atoms with Gasteiger partial charge in [0.1, 0.15) is 0 Å². The smallest absolute Gasteiger partial charge is 0.324 e. The molecule has 3 amide bonds. The molecule has 1 aromatic carbocycles. The summed E-state index contributed by atoms with van der Waals surface area (Å²) in [5.74, 6) is 0.405. The summed E-state index contributed by atoms with van der Waals surface area (Å²) in [6.45, 7) is 1.48. The Labute approximate surface area is 140 Å². The number of hydrogen-bond acceptors (Lipinski definition) is 3. The Bertz CT molecular complexity index is 589. The summed E-state index contributed by atoms with van der Waals surface area (Å²) < 4.78 is 0. The number of amides is 3. The van der Waals surface area contributed by atoms with Crippen molar-refractivity contribution in [1.29, 1.82) is 0 Å². The molecule has 3 N–H and O–H groups in total. The third-order valence-electron chi connectivity index (χ3n) is 3.43. The van der Waals surface area contributed by atoms with E-state index in [0.29, 0.717) is 25.6 Å². The van der Waals surface area contributed by atoms with Gasteiger partial charge in [0, 0.05) is 31.7 Å². The van der Waals surface area contributed by atoms with Crippen molar-refractivity contribution in [2.75, 3.05) is 33.2 Å². The molecule has 0 radical (unpaired) electrons. The molecule has 0 aliphatic carbocycles. The summed E-state index contributed by atoms with van der Waals surface area (Å²) in [5, 5.41) is 9.47. The number of rotatable bonds is 6. The van der Waals surface area contributed by atoms with Gasteiger partial charge in [0.25, 0.3) is 0 Å². The molecule has 0 spiro atoms. The van der Waals surface area contributed by atoms with Crippen LogP contribution in [0.5, 0.6) is 0 Å². The summed E-state index contributed by atoms with van der Waals surface area (Å²) in [4.78, 5) is 28.1. The molecule has 0 saturated carbocycles. The molecule has 1 fully saturated rings. The Morgan fingerprint density at radius 2 is 2.04 bits per heavy atom. The Morgan fingerprint density at radius 3 is 2.70 bits per heavy atom. The van der Waals surface area contributed by atoms with E-state index in [1.54, 1.807) is 7.05 Å². The van der Waals surface area contributed by atoms with E-state index in [2.05, 4.69) is 20.9 Å². The standard InChI is InChI=1S/C15H20ClN5O2/c1-17-14(18-7-6-11-4-2-3-5-12(11)16)19-8-9-21-13(22)10-20-15(21)23/h2-5H,6-10H2,1H3,(H,20,23)(H2,17,18,19). The summed E-state index contributed by atoms with van der Waals surface area (Å²) in [6, 6.07) is 7.35. The third kappa shape index (κ3) is 4.85. The number of nitrogens with one attached hydrogen (secondary N) is 3. The zero-order valence-corrected chi connectivity index (χ0v) is 13.7. The fourth-order valence-electron chi connectivity index (χ4n) is 2.21. The Morgan fingerprint density at radius 1 is 1.30 bits per heavy atom. The molecular formula is C15H20ClN5O2. The topological polar surface area (TPSA) is 85.8 Å². The van der Waals surface area contributed by atoms with Crippen LogP contribution in [0.15, 0.2) is 29.3 Å². The lowest BCUT2D eigenvalue weighted by Crippen LogP contribution is -2.43. The van der Waals surface area contributed by atoms with Gasteiger partial charge < -0.3 is 16.0 Å². The molecular weight excluding hydrogens is 318 g/mol. The summed E-state index contributed by atoms with van der Waals surface area (Å²) in [7, 11) is 1.67. The lowest BCUT2D eigenvalue weighted by atomic mass is 10.1. The molecule has 1 aliphatic heterocycles. The summed E-state index contributed by atoms with van der Waals surface area (Å²) in [6.07, 6.45) is 0.771. The van der Waals surface area contributed by atoms with Crippen LogP contribution < -0.4 is 16.0 Å². The summed E-state index contributed by atoms with van der Waals surface area (Å²) >= 11 is 6.11. The van der Waals surface area contributed by atoms with Gasteiger partial charge in [-0.25, -0.2) is 4.79 Å². The molecule has 2 rings (SSSR count). The molecule has 1 saturated heterocycles. The predicted octanol–water partition coefficient (Wildman–Crippen LogP) is 0.599. The van der Waals surface area contributed by atoms with E-state index in [1.165, 1.54) is 4.90 Å². The predicted molar refractivity (Wildman–Crippen MR) is 89.6 cm³/mol. The first kappa shape index (κ1) is 17.1. The minimum absolute atomic E-state index is 0.0731. The van der Waals surface area contributed by atoms with Crippen LogP contribution >= 0.6 is 11.6 Å². The van der Waals surface area contributed by atoms with Crippen LogP contribution in [0.2, 0.25) is 5.02 Å². The van der Waals surface area contributed by atoms with Crippen molar-refractivity contribution in [1.82, 2.24) is 20.9 Å². The normalized spacial score (nSPS) is 14.9. The maximum atomic E-state index is 11.4. The molecule has 0 aromatic heterocycles. The van der Waals surface area contributed by atoms with Crippen LogP contribution in [0, 0.1) is 0 Å². The molecule has 0 atom stereocenters. The number of guanidine groups is 1. The second kappa shape index (κ2) is 8.38. The number of hydrogen-bond donors (Lipinski definition) is 3. The highest BCUT2D eigenvalue weighted by Crippen LogP contribution is 2.14. The lowest BCUT2D eigenvalue weighted by molar-refractivity contribution is -0.124. The van der Waals surface area contributed by atoms with Crippen molar-refractivity contribution in [3.05, 3.63) is 34.9 Å². The van der Waals surface area contributed by atoms with Gasteiger partial charge in [0.2, 0.25) is 5.91 Å². The van der Waals surface area contributed by atoms with Crippen LogP contribution in [-0.4, -0.2) is 56.0 Å². The average molecular weight is 338 g/mol. The minimum Gasteiger partial charge on any atom is -0.356 e. The van der Waals surface area contributed by atoms with E-state index in [-0.39, 0.29) is 18.5 Å². The van der Waals surface area contributed by atoms with Gasteiger partial charge in [-0.15, -0.1) is 0 Å². The molecule has 1 heterocycles. The Balaban J connectivity index is 1.70. The molecule has 124 valence electrons. The SMILES string of the molecule is CN=C(NCCc1ccccc1Cl)NCCN1C(=O)CNC1=O. The van der Waals surface area contributed by atoms with Crippen molar-refractivity contribution >= 4 is 29.5 Å². The van der Waals surface area contributed by atoms with Crippen LogP contribution in [0.3, 0.4) is 0 Å². The highest BCUT2D eigenvalue weighted by atomic mass is 35.5. The largest absolute Gasteiger partial charge is 0.356 e. The fourth-order valence-corrected chi connectivity index (χ4v) is 2.44. The third-order valence-corrected chi connectivity index (χ3v) is 3.80. The highest BCUT2D eigenvalue weighted by molar-refractivity contribution is 6.31. The van der Waals surface area contributed by atoms with Crippen molar-refractivity contribution in [3.63, 3.8) is 0 Å². The van der Waals surface area contributed by atoms with Crippen molar-refractivity contribution in [2.45, 2.75) is 6.42 Å². The maximum Gasteiger partial charge on any atom is 0.324 e. The van der Waals surface area contributed by atoms with Crippen LogP contribution in [0.4, 0.5) is 4.79 Å². The lowest BCUT2D eigenvalue weighted by Gasteiger charge is -2.15. The van der Waals surface area contributed by atoms with Gasteiger partial charge in [0.05, 0.1) is 6.54 Å². The van der Waals surface area contributed by atoms with Gasteiger partial charge in [-0.3, -0.25) is 14.7 Å². The first-order chi connectivity index (χ1) is 11.1. The average Bonchev–Trinajstić information content (AvgIpc) is 2.86. The van der Waals surface area contributed by atoms with E-state index in [0.717, 1.165) is 17.0 Å². The number of benzene rings is 1. The quantitative estimate of drug-likeness (QED) is 0.403. The zero-order chi connectivity index (χ0) is 16.7. The second-order valence-electron chi connectivity index (χ2n) is 4.97. The van der Waals surface area contributed by atoms with E-state index >= 15 is 0 Å². The first-order valence-corrected chi connectivity index (χ1v) is 7.75. The maximum absolute atomic E-state index is 11.4. The molecule has 1 aromatic rings. The fraction of sp³-hybridized carbons (Fsp3) is 0.400.